The van der Waals surface area contributed by atoms with Gasteiger partial charge in [0.2, 0.25) is 0 Å². The number of carbonyl (C=O) groups excluding carboxylic acids is 3. The van der Waals surface area contributed by atoms with Crippen molar-refractivity contribution in [3.05, 3.63) is 62.6 Å². The van der Waals surface area contributed by atoms with Crippen LogP contribution < -0.4 is 10.2 Å². The Morgan fingerprint density at radius 1 is 1.19 bits per heavy atom. The van der Waals surface area contributed by atoms with Crippen molar-refractivity contribution in [2.24, 2.45) is 0 Å². The maximum atomic E-state index is 12.8. The molecule has 0 saturated carbocycles. The lowest BCUT2D eigenvalue weighted by Crippen LogP contribution is -2.54. The van der Waals surface area contributed by atoms with Crippen LogP contribution in [0.15, 0.2) is 46.4 Å². The van der Waals surface area contributed by atoms with Crippen LogP contribution in [0.2, 0.25) is 5.02 Å². The molecular weight excluding hydrogens is 424 g/mol. The summed E-state index contributed by atoms with van der Waals surface area (Å²) in [4.78, 5) is 38.1. The Balaban J connectivity index is 2.07. The van der Waals surface area contributed by atoms with Crippen LogP contribution in [-0.2, 0) is 9.59 Å². The fourth-order valence-electron chi connectivity index (χ4n) is 2.49. The van der Waals surface area contributed by atoms with E-state index < -0.39 is 17.8 Å². The van der Waals surface area contributed by atoms with Crippen LogP contribution in [0.5, 0.6) is 5.75 Å². The minimum absolute atomic E-state index is 0.0259. The van der Waals surface area contributed by atoms with E-state index in [1.54, 1.807) is 37.3 Å². The van der Waals surface area contributed by atoms with Crippen LogP contribution in [0.25, 0.3) is 6.08 Å². The first-order valence-corrected chi connectivity index (χ1v) is 8.62. The molecular formula is C18H12BrClN2O4. The van der Waals surface area contributed by atoms with Crippen LogP contribution in [0.3, 0.4) is 0 Å². The van der Waals surface area contributed by atoms with Gasteiger partial charge in [-0.3, -0.25) is 14.9 Å². The average molecular weight is 436 g/mol. The number of hydrogen-bond acceptors (Lipinski definition) is 4. The number of rotatable bonds is 2. The van der Waals surface area contributed by atoms with Crippen LogP contribution >= 0.6 is 27.5 Å². The highest BCUT2D eigenvalue weighted by Crippen LogP contribution is 2.30. The van der Waals surface area contributed by atoms with Gasteiger partial charge in [0, 0.05) is 5.02 Å². The number of nitrogens with one attached hydrogen (secondary N) is 1. The Kier molecular flexibility index (Phi) is 4.84. The number of aromatic hydroxyl groups is 1. The quantitative estimate of drug-likeness (QED) is 0.555. The number of nitrogens with zero attached hydrogens (tertiary/aromatic N) is 1. The molecule has 0 spiro atoms. The Bertz CT molecular complexity index is 987. The molecule has 2 aromatic carbocycles. The molecule has 0 aromatic heterocycles. The summed E-state index contributed by atoms with van der Waals surface area (Å²) in [5.41, 5.74) is 1.14. The molecule has 4 amide bonds. The monoisotopic (exact) mass is 434 g/mol. The summed E-state index contributed by atoms with van der Waals surface area (Å²) in [5.74, 6) is -1.52. The number of barbiturate groups is 1. The lowest BCUT2D eigenvalue weighted by atomic mass is 10.1. The fourth-order valence-corrected chi connectivity index (χ4v) is 3.06. The van der Waals surface area contributed by atoms with Gasteiger partial charge >= 0.3 is 6.03 Å². The van der Waals surface area contributed by atoms with E-state index in [1.165, 1.54) is 12.1 Å². The zero-order chi connectivity index (χ0) is 19.0. The molecule has 1 saturated heterocycles. The first-order chi connectivity index (χ1) is 12.3. The van der Waals surface area contributed by atoms with Gasteiger partial charge < -0.3 is 5.11 Å². The van der Waals surface area contributed by atoms with Gasteiger partial charge in [0.1, 0.15) is 11.3 Å². The number of anilines is 1. The third kappa shape index (κ3) is 3.23. The molecule has 1 fully saturated rings. The zero-order valence-electron chi connectivity index (χ0n) is 13.4. The van der Waals surface area contributed by atoms with Crippen molar-refractivity contribution >= 4 is 57.1 Å². The minimum atomic E-state index is -0.839. The second kappa shape index (κ2) is 6.93. The summed E-state index contributed by atoms with van der Waals surface area (Å²) in [6.07, 6.45) is 1.35. The van der Waals surface area contributed by atoms with E-state index in [1.807, 2.05) is 0 Å². The second-order valence-electron chi connectivity index (χ2n) is 5.55. The van der Waals surface area contributed by atoms with Gasteiger partial charge in [-0.15, -0.1) is 0 Å². The highest BCUT2D eigenvalue weighted by atomic mass is 79.9. The van der Waals surface area contributed by atoms with Gasteiger partial charge in [-0.1, -0.05) is 23.7 Å². The van der Waals surface area contributed by atoms with E-state index in [4.69, 9.17) is 11.6 Å². The number of amides is 4. The van der Waals surface area contributed by atoms with Gasteiger partial charge in [-0.05, 0) is 64.3 Å². The van der Waals surface area contributed by atoms with E-state index in [9.17, 15) is 19.5 Å². The first-order valence-electron chi connectivity index (χ1n) is 7.44. The average Bonchev–Trinajstić information content (AvgIpc) is 2.58. The number of imide groups is 2. The maximum absolute atomic E-state index is 12.8. The van der Waals surface area contributed by atoms with Crippen molar-refractivity contribution in [1.82, 2.24) is 5.32 Å². The lowest BCUT2D eigenvalue weighted by Gasteiger charge is -2.27. The van der Waals surface area contributed by atoms with Crippen LogP contribution in [0, 0.1) is 6.92 Å². The maximum Gasteiger partial charge on any atom is 0.335 e. The van der Waals surface area contributed by atoms with E-state index in [-0.39, 0.29) is 11.3 Å². The molecule has 0 radical (unpaired) electrons. The van der Waals surface area contributed by atoms with Crippen molar-refractivity contribution in [1.29, 1.82) is 0 Å². The standard InChI is InChI=1S/C18H12BrClN2O4/c1-9-13(20)3-2-4-14(9)22-17(25)11(16(24)21-18(22)26)7-10-5-6-15(23)12(19)8-10/h2-8,23H,1H3,(H,21,24,26)/b11-7+. The molecule has 8 heteroatoms. The smallest absolute Gasteiger partial charge is 0.335 e. The van der Waals surface area contributed by atoms with Crippen molar-refractivity contribution in [2.45, 2.75) is 6.92 Å². The van der Waals surface area contributed by atoms with E-state index >= 15 is 0 Å². The zero-order valence-corrected chi connectivity index (χ0v) is 15.8. The Labute approximate surface area is 162 Å². The van der Waals surface area contributed by atoms with Crippen LogP contribution in [0.4, 0.5) is 10.5 Å². The van der Waals surface area contributed by atoms with Gasteiger partial charge in [0.15, 0.2) is 0 Å². The van der Waals surface area contributed by atoms with E-state index in [0.29, 0.717) is 26.3 Å². The Hall–Kier alpha value is -2.64. The molecule has 26 heavy (non-hydrogen) atoms. The van der Waals surface area contributed by atoms with E-state index in [2.05, 4.69) is 21.2 Å². The van der Waals surface area contributed by atoms with Crippen LogP contribution in [0.1, 0.15) is 11.1 Å². The predicted octanol–water partition coefficient (Wildman–Crippen LogP) is 3.78. The van der Waals surface area contributed by atoms with Crippen molar-refractivity contribution < 1.29 is 19.5 Å². The van der Waals surface area contributed by atoms with Gasteiger partial charge in [-0.25, -0.2) is 9.69 Å². The lowest BCUT2D eigenvalue weighted by molar-refractivity contribution is -0.122. The molecule has 2 N–H and O–H groups in total. The molecule has 1 aliphatic heterocycles. The molecule has 1 heterocycles. The summed E-state index contributed by atoms with van der Waals surface area (Å²) in [5, 5.41) is 12.1. The summed E-state index contributed by atoms with van der Waals surface area (Å²) in [6, 6.07) is 8.50. The van der Waals surface area contributed by atoms with Crippen molar-refractivity contribution in [2.75, 3.05) is 4.90 Å². The minimum Gasteiger partial charge on any atom is -0.507 e. The summed E-state index contributed by atoms with van der Waals surface area (Å²) >= 11 is 9.25. The molecule has 6 nitrogen and oxygen atoms in total. The Morgan fingerprint density at radius 2 is 1.92 bits per heavy atom. The van der Waals surface area contributed by atoms with Crippen molar-refractivity contribution in [3.8, 4) is 5.75 Å². The number of urea groups is 1. The molecule has 0 unspecified atom stereocenters. The second-order valence-corrected chi connectivity index (χ2v) is 6.81. The highest BCUT2D eigenvalue weighted by molar-refractivity contribution is 9.10. The molecule has 132 valence electrons. The largest absolute Gasteiger partial charge is 0.507 e. The van der Waals surface area contributed by atoms with Gasteiger partial charge in [0.25, 0.3) is 11.8 Å². The Morgan fingerprint density at radius 3 is 2.62 bits per heavy atom. The topological polar surface area (TPSA) is 86.7 Å². The highest BCUT2D eigenvalue weighted by Gasteiger charge is 2.37. The fraction of sp³-hybridized carbons (Fsp3) is 0.0556. The SMILES string of the molecule is Cc1c(Cl)cccc1N1C(=O)NC(=O)/C(=C\c2ccc(O)c(Br)c2)C1=O. The number of benzene rings is 2. The van der Waals surface area contributed by atoms with Gasteiger partial charge in [0.05, 0.1) is 10.2 Å². The first kappa shape index (κ1) is 18.2. The number of hydrogen-bond donors (Lipinski definition) is 2. The third-order valence-electron chi connectivity index (χ3n) is 3.86. The molecule has 3 rings (SSSR count). The van der Waals surface area contributed by atoms with Crippen LogP contribution in [-0.4, -0.2) is 23.0 Å². The number of carbonyl (C=O) groups is 3. The molecule has 0 bridgehead atoms. The number of phenolic OH excluding ortho intramolecular Hbond substituents is 1. The predicted molar refractivity (Wildman–Crippen MR) is 101 cm³/mol. The molecule has 2 aromatic rings. The summed E-state index contributed by atoms with van der Waals surface area (Å²) in [7, 11) is 0. The summed E-state index contributed by atoms with van der Waals surface area (Å²) in [6.45, 7) is 1.68. The molecule has 0 atom stereocenters. The number of halogens is 2. The molecule has 1 aliphatic rings. The third-order valence-corrected chi connectivity index (χ3v) is 4.91. The normalized spacial score (nSPS) is 16.2. The summed E-state index contributed by atoms with van der Waals surface area (Å²) < 4.78 is 0.411. The van der Waals surface area contributed by atoms with Gasteiger partial charge in [-0.2, -0.15) is 0 Å². The van der Waals surface area contributed by atoms with Crippen molar-refractivity contribution in [3.63, 3.8) is 0 Å². The number of phenols is 1. The molecule has 0 aliphatic carbocycles. The van der Waals surface area contributed by atoms with E-state index in [0.717, 1.165) is 4.90 Å².